The molecule has 0 aliphatic heterocycles. The largest absolute Gasteiger partial charge is 0.330 e. The number of urea groups is 1. The van der Waals surface area contributed by atoms with Crippen molar-refractivity contribution in [1.82, 2.24) is 10.6 Å². The van der Waals surface area contributed by atoms with Gasteiger partial charge in [0.15, 0.2) is 11.6 Å². The number of rotatable bonds is 11. The van der Waals surface area contributed by atoms with Gasteiger partial charge in [-0.25, -0.2) is 4.79 Å². The van der Waals surface area contributed by atoms with Crippen molar-refractivity contribution in [2.45, 2.75) is 65.0 Å². The minimum atomic E-state index is -0.722. The van der Waals surface area contributed by atoms with Crippen LogP contribution in [0.5, 0.6) is 0 Å². The van der Waals surface area contributed by atoms with E-state index in [-0.39, 0.29) is 30.2 Å². The Morgan fingerprint density at radius 1 is 0.864 bits per heavy atom. The van der Waals surface area contributed by atoms with E-state index in [1.54, 1.807) is 0 Å². The maximum absolute atomic E-state index is 11.9. The van der Waals surface area contributed by atoms with Crippen molar-refractivity contribution in [3.63, 3.8) is 0 Å². The van der Waals surface area contributed by atoms with Crippen LogP contribution in [0.1, 0.15) is 52.9 Å². The van der Waals surface area contributed by atoms with Gasteiger partial charge in [-0.15, -0.1) is 0 Å². The van der Waals surface area contributed by atoms with Gasteiger partial charge in [-0.1, -0.05) is 0 Å². The summed E-state index contributed by atoms with van der Waals surface area (Å²) in [5.74, 6) is -0.411. The van der Waals surface area contributed by atoms with Gasteiger partial charge in [0.05, 0.1) is 12.1 Å². The predicted molar refractivity (Wildman–Crippen MR) is 83.4 cm³/mol. The number of Topliss-reactive ketones (excluding diaryl/α,β-unsaturated/α-hetero) is 3. The second-order valence-corrected chi connectivity index (χ2v) is 5.47. The molecule has 0 spiro atoms. The highest BCUT2D eigenvalue weighted by Crippen LogP contribution is 2.03. The molecule has 0 aromatic carbocycles. The Kier molecular flexibility index (Phi) is 10.0. The minimum absolute atomic E-state index is 0.0446. The van der Waals surface area contributed by atoms with Gasteiger partial charge in [-0.3, -0.25) is 9.59 Å². The van der Waals surface area contributed by atoms with Crippen LogP contribution in [-0.4, -0.2) is 42.0 Å². The van der Waals surface area contributed by atoms with E-state index in [0.717, 1.165) is 12.8 Å². The molecule has 0 aromatic rings. The summed E-state index contributed by atoms with van der Waals surface area (Å²) in [6, 6.07) is -1.88. The maximum Gasteiger partial charge on any atom is 0.315 e. The molecule has 0 aromatic heterocycles. The monoisotopic (exact) mass is 313 g/mol. The molecule has 0 radical (unpaired) electrons. The summed E-state index contributed by atoms with van der Waals surface area (Å²) in [5, 5.41) is 5.09. The molecule has 7 heteroatoms. The molecular weight excluding hydrogens is 286 g/mol. The average Bonchev–Trinajstić information content (AvgIpc) is 2.41. The molecule has 0 saturated carbocycles. The topological polar surface area (TPSA) is 118 Å². The summed E-state index contributed by atoms with van der Waals surface area (Å²) < 4.78 is 0. The number of hydrogen-bond donors (Lipinski definition) is 3. The molecule has 0 bridgehead atoms. The van der Waals surface area contributed by atoms with Gasteiger partial charge in [0.25, 0.3) is 0 Å². The molecule has 2 unspecified atom stereocenters. The lowest BCUT2D eigenvalue weighted by atomic mass is 10.1. The van der Waals surface area contributed by atoms with Gasteiger partial charge < -0.3 is 21.2 Å². The number of nitrogens with two attached hydrogens (primary N) is 1. The second kappa shape index (κ2) is 10.9. The molecule has 126 valence electrons. The van der Waals surface area contributed by atoms with E-state index in [9.17, 15) is 19.2 Å². The molecule has 4 N–H and O–H groups in total. The number of ketones is 3. The molecule has 7 nitrogen and oxygen atoms in total. The first-order chi connectivity index (χ1) is 10.3. The van der Waals surface area contributed by atoms with Crippen molar-refractivity contribution in [1.29, 1.82) is 0 Å². The van der Waals surface area contributed by atoms with Gasteiger partial charge in [0.1, 0.15) is 5.78 Å². The Bertz CT molecular complexity index is 410. The Morgan fingerprint density at radius 2 is 1.36 bits per heavy atom. The summed E-state index contributed by atoms with van der Waals surface area (Å²) in [5.41, 5.74) is 5.40. The van der Waals surface area contributed by atoms with E-state index in [0.29, 0.717) is 13.0 Å². The van der Waals surface area contributed by atoms with Crippen LogP contribution in [0.3, 0.4) is 0 Å². The Hall–Kier alpha value is -1.76. The third-order valence-corrected chi connectivity index (χ3v) is 3.32. The molecule has 22 heavy (non-hydrogen) atoms. The molecule has 0 aliphatic rings. The van der Waals surface area contributed by atoms with Crippen molar-refractivity contribution in [2.75, 3.05) is 6.54 Å². The zero-order valence-electron chi connectivity index (χ0n) is 13.6. The predicted octanol–water partition coefficient (Wildman–Crippen LogP) is 0.699. The Labute approximate surface area is 131 Å². The van der Waals surface area contributed by atoms with Crippen LogP contribution in [0, 0.1) is 0 Å². The van der Waals surface area contributed by atoms with Gasteiger partial charge in [0.2, 0.25) is 0 Å². The number of unbranched alkanes of at least 4 members (excludes halogenated alkanes) is 1. The number of hydrogen-bond acceptors (Lipinski definition) is 5. The van der Waals surface area contributed by atoms with E-state index in [1.165, 1.54) is 20.8 Å². The molecule has 0 saturated heterocycles. The maximum atomic E-state index is 11.9. The normalized spacial score (nSPS) is 13.1. The molecule has 0 fully saturated rings. The summed E-state index contributed by atoms with van der Waals surface area (Å²) in [6.07, 6.45) is 2.51. The molecule has 0 heterocycles. The lowest BCUT2D eigenvalue weighted by Gasteiger charge is -2.20. The molecular formula is C15H27N3O4. The van der Waals surface area contributed by atoms with Crippen molar-refractivity contribution in [3.8, 4) is 0 Å². The number of carbonyl (C=O) groups excluding carboxylic acids is 4. The lowest BCUT2D eigenvalue weighted by Crippen LogP contribution is -2.50. The third-order valence-electron chi connectivity index (χ3n) is 3.32. The third kappa shape index (κ3) is 9.23. The zero-order chi connectivity index (χ0) is 17.1. The van der Waals surface area contributed by atoms with Gasteiger partial charge in [-0.2, -0.15) is 0 Å². The SMILES string of the molecule is CC(=O)CCC(NC(=O)NC(CCCCN)C(C)=O)C(C)=O. The zero-order valence-corrected chi connectivity index (χ0v) is 13.6. The number of nitrogens with one attached hydrogen (secondary N) is 2. The van der Waals surface area contributed by atoms with Crippen molar-refractivity contribution < 1.29 is 19.2 Å². The van der Waals surface area contributed by atoms with Crippen LogP contribution in [0.4, 0.5) is 4.79 Å². The van der Waals surface area contributed by atoms with Gasteiger partial charge in [0, 0.05) is 6.42 Å². The molecule has 2 atom stereocenters. The highest BCUT2D eigenvalue weighted by atomic mass is 16.2. The summed E-state index contributed by atoms with van der Waals surface area (Å²) in [4.78, 5) is 45.9. The van der Waals surface area contributed by atoms with Crippen molar-refractivity contribution in [2.24, 2.45) is 5.73 Å². The quantitative estimate of drug-likeness (QED) is 0.485. The summed E-state index contributed by atoms with van der Waals surface area (Å²) >= 11 is 0. The van der Waals surface area contributed by atoms with Gasteiger partial charge >= 0.3 is 6.03 Å². The molecule has 0 rings (SSSR count). The Morgan fingerprint density at radius 3 is 1.77 bits per heavy atom. The first-order valence-electron chi connectivity index (χ1n) is 7.55. The minimum Gasteiger partial charge on any atom is -0.330 e. The first-order valence-corrected chi connectivity index (χ1v) is 7.55. The average molecular weight is 313 g/mol. The van der Waals surface area contributed by atoms with Crippen LogP contribution >= 0.6 is 0 Å². The van der Waals surface area contributed by atoms with E-state index in [4.69, 9.17) is 5.73 Å². The van der Waals surface area contributed by atoms with Crippen LogP contribution in [0.15, 0.2) is 0 Å². The summed E-state index contributed by atoms with van der Waals surface area (Å²) in [6.45, 7) is 4.73. The van der Waals surface area contributed by atoms with E-state index in [2.05, 4.69) is 10.6 Å². The summed E-state index contributed by atoms with van der Waals surface area (Å²) in [7, 11) is 0. The van der Waals surface area contributed by atoms with E-state index < -0.39 is 18.1 Å². The van der Waals surface area contributed by atoms with Crippen LogP contribution < -0.4 is 16.4 Å². The van der Waals surface area contributed by atoms with Crippen LogP contribution in [0.25, 0.3) is 0 Å². The van der Waals surface area contributed by atoms with E-state index >= 15 is 0 Å². The standard InChI is InChI=1S/C15H27N3O4/c1-10(19)7-8-14(12(3)21)18-15(22)17-13(11(2)20)6-4-5-9-16/h13-14H,4-9,16H2,1-3H3,(H2,17,18,22). The highest BCUT2D eigenvalue weighted by Gasteiger charge is 2.21. The van der Waals surface area contributed by atoms with Crippen molar-refractivity contribution >= 4 is 23.4 Å². The fourth-order valence-corrected chi connectivity index (χ4v) is 1.95. The molecule has 2 amide bonds. The lowest BCUT2D eigenvalue weighted by molar-refractivity contribution is -0.120. The van der Waals surface area contributed by atoms with E-state index in [1.807, 2.05) is 0 Å². The number of amides is 2. The Balaban J connectivity index is 4.47. The van der Waals surface area contributed by atoms with Crippen LogP contribution in [0.2, 0.25) is 0 Å². The number of carbonyl (C=O) groups is 4. The second-order valence-electron chi connectivity index (χ2n) is 5.47. The highest BCUT2D eigenvalue weighted by molar-refractivity contribution is 5.90. The van der Waals surface area contributed by atoms with Gasteiger partial charge in [-0.05, 0) is 53.0 Å². The fraction of sp³-hybridized carbons (Fsp3) is 0.733. The smallest absolute Gasteiger partial charge is 0.315 e. The van der Waals surface area contributed by atoms with Crippen LogP contribution in [-0.2, 0) is 14.4 Å². The molecule has 0 aliphatic carbocycles. The van der Waals surface area contributed by atoms with Crippen molar-refractivity contribution in [3.05, 3.63) is 0 Å². The fourth-order valence-electron chi connectivity index (χ4n) is 1.95. The first kappa shape index (κ1) is 20.2.